The molecule has 0 saturated carbocycles. The Morgan fingerprint density at radius 1 is 1.58 bits per heavy atom. The minimum Gasteiger partial charge on any atom is -0.465 e. The maximum Gasteiger partial charge on any atom is 0.348 e. The standard InChI is InChI=1S/C10H15BrN2O4S2/c1-10(2,12)5-13-19(15,16)7-4-6(9(14)17-3)18-8(7)11/h4,13H,5,12H2,1-3H3. The number of ether oxygens (including phenoxy) is 1. The van der Waals surface area contributed by atoms with Crippen LogP contribution >= 0.6 is 27.3 Å². The Morgan fingerprint density at radius 2 is 2.16 bits per heavy atom. The predicted octanol–water partition coefficient (Wildman–Crippen LogP) is 1.31. The lowest BCUT2D eigenvalue weighted by Crippen LogP contribution is -2.45. The summed E-state index contributed by atoms with van der Waals surface area (Å²) in [4.78, 5) is 11.6. The van der Waals surface area contributed by atoms with Gasteiger partial charge in [-0.2, -0.15) is 0 Å². The summed E-state index contributed by atoms with van der Waals surface area (Å²) in [5, 5.41) is 0. The van der Waals surface area contributed by atoms with Crippen molar-refractivity contribution in [1.82, 2.24) is 4.72 Å². The Hall–Kier alpha value is -0.480. The lowest BCUT2D eigenvalue weighted by atomic mass is 10.1. The van der Waals surface area contributed by atoms with Gasteiger partial charge in [-0.1, -0.05) is 0 Å². The van der Waals surface area contributed by atoms with Crippen LogP contribution in [0.5, 0.6) is 0 Å². The van der Waals surface area contributed by atoms with Crippen molar-refractivity contribution in [3.05, 3.63) is 14.7 Å². The summed E-state index contributed by atoms with van der Waals surface area (Å²) in [6, 6.07) is 1.27. The van der Waals surface area contributed by atoms with Gasteiger partial charge >= 0.3 is 5.97 Å². The quantitative estimate of drug-likeness (QED) is 0.761. The van der Waals surface area contributed by atoms with Gasteiger partial charge < -0.3 is 10.5 Å². The largest absolute Gasteiger partial charge is 0.465 e. The third-order valence-corrected chi connectivity index (χ3v) is 5.68. The first-order valence-corrected chi connectivity index (χ1v) is 8.32. The van der Waals surface area contributed by atoms with E-state index in [1.165, 1.54) is 13.2 Å². The lowest BCUT2D eigenvalue weighted by Gasteiger charge is -2.18. The van der Waals surface area contributed by atoms with Crippen LogP contribution in [0.15, 0.2) is 14.7 Å². The summed E-state index contributed by atoms with van der Waals surface area (Å²) in [5.41, 5.74) is 5.06. The van der Waals surface area contributed by atoms with E-state index in [0.717, 1.165) is 11.3 Å². The molecule has 0 fully saturated rings. The molecular formula is C10H15BrN2O4S2. The minimum atomic E-state index is -3.72. The molecule has 0 spiro atoms. The summed E-state index contributed by atoms with van der Waals surface area (Å²) in [6.07, 6.45) is 0. The normalized spacial score (nSPS) is 12.5. The van der Waals surface area contributed by atoms with E-state index < -0.39 is 21.5 Å². The van der Waals surface area contributed by atoms with Crippen LogP contribution in [-0.4, -0.2) is 33.6 Å². The second-order valence-corrected chi connectivity index (χ2v) is 8.66. The van der Waals surface area contributed by atoms with E-state index in [4.69, 9.17) is 5.73 Å². The van der Waals surface area contributed by atoms with Crippen molar-refractivity contribution in [3.8, 4) is 0 Å². The number of carbonyl (C=O) groups is 1. The number of thiophene rings is 1. The average Bonchev–Trinajstić information content (AvgIpc) is 2.68. The zero-order valence-electron chi connectivity index (χ0n) is 10.7. The second kappa shape index (κ2) is 5.88. The number of methoxy groups -OCH3 is 1. The molecule has 3 N–H and O–H groups in total. The number of rotatable bonds is 5. The molecule has 0 atom stereocenters. The van der Waals surface area contributed by atoms with Gasteiger partial charge in [0.1, 0.15) is 9.77 Å². The Morgan fingerprint density at radius 3 is 2.63 bits per heavy atom. The van der Waals surface area contributed by atoms with Crippen LogP contribution in [0.4, 0.5) is 0 Å². The van der Waals surface area contributed by atoms with Gasteiger partial charge in [-0.05, 0) is 35.8 Å². The van der Waals surface area contributed by atoms with Gasteiger partial charge in [0.15, 0.2) is 0 Å². The number of hydrogen-bond acceptors (Lipinski definition) is 6. The fourth-order valence-corrected chi connectivity index (χ4v) is 4.80. The fraction of sp³-hybridized carbons (Fsp3) is 0.500. The van der Waals surface area contributed by atoms with Crippen molar-refractivity contribution >= 4 is 43.3 Å². The van der Waals surface area contributed by atoms with Crippen molar-refractivity contribution in [3.63, 3.8) is 0 Å². The van der Waals surface area contributed by atoms with Gasteiger partial charge in [0.2, 0.25) is 10.0 Å². The summed E-state index contributed by atoms with van der Waals surface area (Å²) >= 11 is 4.13. The Bertz CT molecular complexity index is 575. The molecule has 1 aromatic heterocycles. The molecule has 19 heavy (non-hydrogen) atoms. The van der Waals surface area contributed by atoms with Crippen LogP contribution < -0.4 is 10.5 Å². The smallest absolute Gasteiger partial charge is 0.348 e. The van der Waals surface area contributed by atoms with Crippen LogP contribution in [0.3, 0.4) is 0 Å². The molecule has 0 saturated heterocycles. The maximum atomic E-state index is 12.1. The molecular weight excluding hydrogens is 356 g/mol. The van der Waals surface area contributed by atoms with Crippen LogP contribution in [0, 0.1) is 0 Å². The third-order valence-electron chi connectivity index (χ3n) is 2.05. The molecule has 1 heterocycles. The van der Waals surface area contributed by atoms with Crippen molar-refractivity contribution < 1.29 is 17.9 Å². The number of halogens is 1. The van der Waals surface area contributed by atoms with Crippen LogP contribution in [0.2, 0.25) is 0 Å². The number of nitrogens with one attached hydrogen (secondary N) is 1. The molecule has 0 aliphatic heterocycles. The Labute approximate surface area is 124 Å². The summed E-state index contributed by atoms with van der Waals surface area (Å²) in [6.45, 7) is 3.50. The van der Waals surface area contributed by atoms with Gasteiger partial charge in [-0.3, -0.25) is 0 Å². The van der Waals surface area contributed by atoms with E-state index in [2.05, 4.69) is 25.4 Å². The molecule has 0 aromatic carbocycles. The molecule has 0 aliphatic carbocycles. The minimum absolute atomic E-state index is 0.00199. The lowest BCUT2D eigenvalue weighted by molar-refractivity contribution is 0.0606. The van der Waals surface area contributed by atoms with E-state index in [-0.39, 0.29) is 16.3 Å². The molecule has 0 aliphatic rings. The molecule has 0 amide bonds. The van der Waals surface area contributed by atoms with Gasteiger partial charge in [0.05, 0.1) is 10.9 Å². The molecule has 1 aromatic rings. The van der Waals surface area contributed by atoms with Crippen molar-refractivity contribution in [2.45, 2.75) is 24.3 Å². The maximum absolute atomic E-state index is 12.1. The van der Waals surface area contributed by atoms with Crippen LogP contribution in [0.1, 0.15) is 23.5 Å². The number of hydrogen-bond donors (Lipinski definition) is 2. The highest BCUT2D eigenvalue weighted by Crippen LogP contribution is 2.32. The third kappa shape index (κ3) is 4.53. The Balaban J connectivity index is 3.02. The zero-order chi connectivity index (χ0) is 14.8. The van der Waals surface area contributed by atoms with Gasteiger partial charge in [-0.15, -0.1) is 11.3 Å². The van der Waals surface area contributed by atoms with E-state index in [0.29, 0.717) is 3.79 Å². The number of esters is 1. The zero-order valence-corrected chi connectivity index (χ0v) is 13.9. The van der Waals surface area contributed by atoms with Gasteiger partial charge in [0.25, 0.3) is 0 Å². The monoisotopic (exact) mass is 370 g/mol. The molecule has 6 nitrogen and oxygen atoms in total. The average molecular weight is 371 g/mol. The van der Waals surface area contributed by atoms with Gasteiger partial charge in [0, 0.05) is 12.1 Å². The first-order chi connectivity index (χ1) is 8.57. The SMILES string of the molecule is COC(=O)c1cc(S(=O)(=O)NCC(C)(C)N)c(Br)s1. The second-order valence-electron chi connectivity index (χ2n) is 4.55. The first-order valence-electron chi connectivity index (χ1n) is 5.23. The fourth-order valence-electron chi connectivity index (χ4n) is 1.10. The van der Waals surface area contributed by atoms with Crippen LogP contribution in [-0.2, 0) is 14.8 Å². The number of sulfonamides is 1. The highest BCUT2D eigenvalue weighted by molar-refractivity contribution is 9.11. The van der Waals surface area contributed by atoms with Crippen LogP contribution in [0.25, 0.3) is 0 Å². The van der Waals surface area contributed by atoms with Crippen molar-refractivity contribution in [1.29, 1.82) is 0 Å². The topological polar surface area (TPSA) is 98.5 Å². The molecule has 108 valence electrons. The highest BCUT2D eigenvalue weighted by Gasteiger charge is 2.25. The van der Waals surface area contributed by atoms with E-state index >= 15 is 0 Å². The summed E-state index contributed by atoms with van der Waals surface area (Å²) in [5.74, 6) is -0.577. The van der Waals surface area contributed by atoms with E-state index in [1.807, 2.05) is 0 Å². The summed E-state index contributed by atoms with van der Waals surface area (Å²) in [7, 11) is -2.48. The van der Waals surface area contributed by atoms with Crippen molar-refractivity contribution in [2.75, 3.05) is 13.7 Å². The highest BCUT2D eigenvalue weighted by atomic mass is 79.9. The Kier molecular flexibility index (Phi) is 5.13. The van der Waals surface area contributed by atoms with E-state index in [9.17, 15) is 13.2 Å². The number of nitrogens with two attached hydrogens (primary N) is 1. The molecule has 0 radical (unpaired) electrons. The molecule has 1 rings (SSSR count). The van der Waals surface area contributed by atoms with Gasteiger partial charge in [-0.25, -0.2) is 17.9 Å². The predicted molar refractivity (Wildman–Crippen MR) is 76.8 cm³/mol. The molecule has 0 bridgehead atoms. The molecule has 9 heteroatoms. The first kappa shape index (κ1) is 16.6. The molecule has 0 unspecified atom stereocenters. The van der Waals surface area contributed by atoms with E-state index in [1.54, 1.807) is 13.8 Å². The number of carbonyl (C=O) groups excluding carboxylic acids is 1. The van der Waals surface area contributed by atoms with Crippen molar-refractivity contribution in [2.24, 2.45) is 5.73 Å². The summed E-state index contributed by atoms with van der Waals surface area (Å²) < 4.78 is 31.5.